The van der Waals surface area contributed by atoms with E-state index in [1.807, 2.05) is 30.3 Å². The van der Waals surface area contributed by atoms with E-state index in [-0.39, 0.29) is 6.04 Å². The Bertz CT molecular complexity index is 700. The second kappa shape index (κ2) is 8.56. The molecule has 0 spiro atoms. The van der Waals surface area contributed by atoms with Gasteiger partial charge in [-0.05, 0) is 42.8 Å². The number of benzene rings is 2. The Labute approximate surface area is 154 Å². The molecule has 1 N–H and O–H groups in total. The van der Waals surface area contributed by atoms with Gasteiger partial charge in [-0.2, -0.15) is 0 Å². The number of hydrogen-bond acceptors (Lipinski definition) is 4. The molecule has 25 heavy (non-hydrogen) atoms. The van der Waals surface area contributed by atoms with Crippen molar-refractivity contribution >= 4 is 11.6 Å². The predicted octanol–water partition coefficient (Wildman–Crippen LogP) is 3.74. The summed E-state index contributed by atoms with van der Waals surface area (Å²) in [5.74, 6) is 1.63. The van der Waals surface area contributed by atoms with E-state index in [1.54, 1.807) is 14.2 Å². The molecule has 1 unspecified atom stereocenters. The maximum Gasteiger partial charge on any atom is 0.127 e. The van der Waals surface area contributed by atoms with Crippen molar-refractivity contribution in [2.75, 3.05) is 40.4 Å². The Kier molecular flexibility index (Phi) is 6.19. The molecule has 134 valence electrons. The molecule has 0 radical (unpaired) electrons. The normalized spacial score (nSPS) is 16.9. The minimum absolute atomic E-state index is 0.0967. The molecule has 3 rings (SSSR count). The standard InChI is InChI=1S/C20H25ClN2O2/c1-24-17-7-8-18(19(14-17)25-2)20(15-5-3-6-16(21)13-15)23-11-4-9-22-10-12-23/h3,5-8,13-14,20,22H,4,9-12H2,1-2H3. The molecular formula is C20H25ClN2O2. The van der Waals surface area contributed by atoms with Crippen molar-refractivity contribution in [2.45, 2.75) is 12.5 Å². The van der Waals surface area contributed by atoms with Crippen LogP contribution in [0.4, 0.5) is 0 Å². The van der Waals surface area contributed by atoms with Gasteiger partial charge in [-0.25, -0.2) is 0 Å². The molecule has 1 aliphatic heterocycles. The van der Waals surface area contributed by atoms with Crippen LogP contribution in [0.1, 0.15) is 23.6 Å². The van der Waals surface area contributed by atoms with Crippen LogP contribution in [0.2, 0.25) is 5.02 Å². The van der Waals surface area contributed by atoms with Crippen LogP contribution in [0.5, 0.6) is 11.5 Å². The molecule has 1 aliphatic rings. The molecule has 1 atom stereocenters. The molecule has 0 aliphatic carbocycles. The van der Waals surface area contributed by atoms with Crippen molar-refractivity contribution in [3.8, 4) is 11.5 Å². The summed E-state index contributed by atoms with van der Waals surface area (Å²) in [4.78, 5) is 2.50. The zero-order valence-corrected chi connectivity index (χ0v) is 15.6. The van der Waals surface area contributed by atoms with Crippen LogP contribution in [0, 0.1) is 0 Å². The summed E-state index contributed by atoms with van der Waals surface area (Å²) >= 11 is 6.29. The fourth-order valence-corrected chi connectivity index (χ4v) is 3.63. The fourth-order valence-electron chi connectivity index (χ4n) is 3.43. The van der Waals surface area contributed by atoms with Crippen molar-refractivity contribution in [3.05, 3.63) is 58.6 Å². The molecule has 0 aromatic heterocycles. The van der Waals surface area contributed by atoms with Gasteiger partial charge in [0.15, 0.2) is 0 Å². The summed E-state index contributed by atoms with van der Waals surface area (Å²) in [5, 5.41) is 4.23. The van der Waals surface area contributed by atoms with Gasteiger partial charge in [0.05, 0.1) is 20.3 Å². The van der Waals surface area contributed by atoms with Crippen LogP contribution >= 0.6 is 11.6 Å². The van der Waals surface area contributed by atoms with E-state index >= 15 is 0 Å². The molecule has 1 saturated heterocycles. The number of nitrogens with one attached hydrogen (secondary N) is 1. The maximum atomic E-state index is 6.29. The van der Waals surface area contributed by atoms with Crippen molar-refractivity contribution in [3.63, 3.8) is 0 Å². The number of rotatable bonds is 5. The van der Waals surface area contributed by atoms with E-state index in [1.165, 1.54) is 5.56 Å². The van der Waals surface area contributed by atoms with Crippen molar-refractivity contribution in [2.24, 2.45) is 0 Å². The number of methoxy groups -OCH3 is 2. The van der Waals surface area contributed by atoms with E-state index < -0.39 is 0 Å². The monoisotopic (exact) mass is 360 g/mol. The Balaban J connectivity index is 2.07. The van der Waals surface area contributed by atoms with Gasteiger partial charge in [0.1, 0.15) is 11.5 Å². The lowest BCUT2D eigenvalue weighted by atomic mass is 9.95. The van der Waals surface area contributed by atoms with Gasteiger partial charge in [0.25, 0.3) is 0 Å². The summed E-state index contributed by atoms with van der Waals surface area (Å²) < 4.78 is 11.0. The van der Waals surface area contributed by atoms with Gasteiger partial charge >= 0.3 is 0 Å². The molecule has 0 saturated carbocycles. The lowest BCUT2D eigenvalue weighted by molar-refractivity contribution is 0.236. The quantitative estimate of drug-likeness (QED) is 0.880. The summed E-state index contributed by atoms with van der Waals surface area (Å²) in [6.45, 7) is 4.04. The van der Waals surface area contributed by atoms with Crippen molar-refractivity contribution < 1.29 is 9.47 Å². The Hall–Kier alpha value is -1.75. The largest absolute Gasteiger partial charge is 0.497 e. The third-order valence-electron chi connectivity index (χ3n) is 4.64. The Morgan fingerprint density at radius 2 is 1.92 bits per heavy atom. The predicted molar refractivity (Wildman–Crippen MR) is 102 cm³/mol. The molecule has 5 heteroatoms. The summed E-state index contributed by atoms with van der Waals surface area (Å²) in [6.07, 6.45) is 1.12. The van der Waals surface area contributed by atoms with E-state index in [0.29, 0.717) is 0 Å². The zero-order chi connectivity index (χ0) is 17.6. The SMILES string of the molecule is COc1ccc(C(c2cccc(Cl)c2)N2CCCNCC2)c(OC)c1. The van der Waals surface area contributed by atoms with E-state index in [4.69, 9.17) is 21.1 Å². The molecular weight excluding hydrogens is 336 g/mol. The van der Waals surface area contributed by atoms with Gasteiger partial charge in [-0.15, -0.1) is 0 Å². The highest BCUT2D eigenvalue weighted by Gasteiger charge is 2.26. The van der Waals surface area contributed by atoms with E-state index in [2.05, 4.69) is 22.3 Å². The average Bonchev–Trinajstić information content (AvgIpc) is 2.91. The third-order valence-corrected chi connectivity index (χ3v) is 4.87. The molecule has 0 bridgehead atoms. The highest BCUT2D eigenvalue weighted by atomic mass is 35.5. The van der Waals surface area contributed by atoms with Gasteiger partial charge in [0.2, 0.25) is 0 Å². The molecule has 2 aromatic rings. The number of hydrogen-bond donors (Lipinski definition) is 1. The highest BCUT2D eigenvalue weighted by Crippen LogP contribution is 2.37. The topological polar surface area (TPSA) is 33.7 Å². The van der Waals surface area contributed by atoms with Gasteiger partial charge in [0, 0.05) is 36.3 Å². The Morgan fingerprint density at radius 1 is 1.04 bits per heavy atom. The van der Waals surface area contributed by atoms with Gasteiger partial charge < -0.3 is 14.8 Å². The first-order valence-electron chi connectivity index (χ1n) is 8.65. The van der Waals surface area contributed by atoms with Gasteiger partial charge in [-0.1, -0.05) is 23.7 Å². The third kappa shape index (κ3) is 4.27. The van der Waals surface area contributed by atoms with Gasteiger partial charge in [-0.3, -0.25) is 4.90 Å². The maximum absolute atomic E-state index is 6.29. The first-order valence-corrected chi connectivity index (χ1v) is 9.03. The summed E-state index contributed by atoms with van der Waals surface area (Å²) in [5.41, 5.74) is 2.31. The second-order valence-electron chi connectivity index (χ2n) is 6.20. The van der Waals surface area contributed by atoms with Crippen molar-refractivity contribution in [1.82, 2.24) is 10.2 Å². The lowest BCUT2D eigenvalue weighted by Gasteiger charge is -2.32. The van der Waals surface area contributed by atoms with Crippen molar-refractivity contribution in [1.29, 1.82) is 0 Å². The number of ether oxygens (including phenoxy) is 2. The van der Waals surface area contributed by atoms with Crippen LogP contribution in [0.15, 0.2) is 42.5 Å². The summed E-state index contributed by atoms with van der Waals surface area (Å²) in [6, 6.07) is 14.2. The molecule has 1 fully saturated rings. The molecule has 0 amide bonds. The second-order valence-corrected chi connectivity index (χ2v) is 6.64. The Morgan fingerprint density at radius 3 is 2.68 bits per heavy atom. The highest BCUT2D eigenvalue weighted by molar-refractivity contribution is 6.30. The van der Waals surface area contributed by atoms with E-state index in [0.717, 1.165) is 54.7 Å². The van der Waals surface area contributed by atoms with Crippen LogP contribution in [0.25, 0.3) is 0 Å². The summed E-state index contributed by atoms with van der Waals surface area (Å²) in [7, 11) is 3.38. The molecule has 4 nitrogen and oxygen atoms in total. The van der Waals surface area contributed by atoms with Crippen LogP contribution in [0.3, 0.4) is 0 Å². The molecule has 1 heterocycles. The first kappa shape index (κ1) is 18.1. The first-order chi connectivity index (χ1) is 12.2. The minimum atomic E-state index is 0.0967. The number of nitrogens with zero attached hydrogens (tertiary/aromatic N) is 1. The minimum Gasteiger partial charge on any atom is -0.497 e. The van der Waals surface area contributed by atoms with Crippen LogP contribution in [-0.4, -0.2) is 45.3 Å². The smallest absolute Gasteiger partial charge is 0.127 e. The molecule has 2 aromatic carbocycles. The lowest BCUT2D eigenvalue weighted by Crippen LogP contribution is -2.33. The fraction of sp³-hybridized carbons (Fsp3) is 0.400. The van der Waals surface area contributed by atoms with Crippen LogP contribution in [-0.2, 0) is 0 Å². The zero-order valence-electron chi connectivity index (χ0n) is 14.8. The van der Waals surface area contributed by atoms with E-state index in [9.17, 15) is 0 Å². The average molecular weight is 361 g/mol. The number of halogens is 1. The van der Waals surface area contributed by atoms with Crippen LogP contribution < -0.4 is 14.8 Å².